The fourth-order valence-corrected chi connectivity index (χ4v) is 4.00. The summed E-state index contributed by atoms with van der Waals surface area (Å²) in [7, 11) is 0. The van der Waals surface area contributed by atoms with E-state index in [1.165, 1.54) is 12.1 Å². The molecular weight excluding hydrogens is 356 g/mol. The fourth-order valence-electron chi connectivity index (χ4n) is 2.56. The van der Waals surface area contributed by atoms with Crippen LogP contribution in [0.2, 0.25) is 0 Å². The van der Waals surface area contributed by atoms with Crippen LogP contribution in [0.25, 0.3) is 0 Å². The number of aryl methyl sites for hydroxylation is 1. The van der Waals surface area contributed by atoms with E-state index >= 15 is 0 Å². The van der Waals surface area contributed by atoms with Crippen molar-refractivity contribution in [2.24, 2.45) is 0 Å². The molecule has 0 unspecified atom stereocenters. The highest BCUT2D eigenvalue weighted by Crippen LogP contribution is 2.23. The molecule has 3 aromatic rings. The van der Waals surface area contributed by atoms with E-state index in [-0.39, 0.29) is 11.6 Å². The second kappa shape index (κ2) is 7.58. The van der Waals surface area contributed by atoms with Gasteiger partial charge in [0.2, 0.25) is 0 Å². The lowest BCUT2D eigenvalue weighted by Crippen LogP contribution is -2.29. The molecule has 2 aromatic heterocycles. The summed E-state index contributed by atoms with van der Waals surface area (Å²) in [5, 5.41) is 14.9. The van der Waals surface area contributed by atoms with Crippen molar-refractivity contribution in [3.63, 3.8) is 0 Å². The molecule has 0 aliphatic carbocycles. The standard InChI is InChI=1S/C18H16N2O3S2/c1-13-10-14(6-7-17(13)20(22)23)18(21)19(11-15-4-2-8-24-15)12-16-5-3-9-25-16/h2-10H,11-12H2,1H3. The molecule has 7 heteroatoms. The third-order valence-corrected chi connectivity index (χ3v) is 5.50. The molecule has 128 valence electrons. The summed E-state index contributed by atoms with van der Waals surface area (Å²) in [5.74, 6) is -0.125. The van der Waals surface area contributed by atoms with Crippen LogP contribution in [0, 0.1) is 17.0 Å². The number of nitrogens with zero attached hydrogens (tertiary/aromatic N) is 2. The molecular formula is C18H16N2O3S2. The smallest absolute Gasteiger partial charge is 0.272 e. The van der Waals surface area contributed by atoms with E-state index in [0.717, 1.165) is 9.75 Å². The van der Waals surface area contributed by atoms with E-state index in [4.69, 9.17) is 0 Å². The molecule has 1 aromatic carbocycles. The van der Waals surface area contributed by atoms with E-state index in [0.29, 0.717) is 24.2 Å². The molecule has 0 aliphatic rings. The predicted molar refractivity (Wildman–Crippen MR) is 100 cm³/mol. The summed E-state index contributed by atoms with van der Waals surface area (Å²) in [5.41, 5.74) is 0.985. The molecule has 0 spiro atoms. The topological polar surface area (TPSA) is 63.5 Å². The van der Waals surface area contributed by atoms with Crippen molar-refractivity contribution in [2.45, 2.75) is 20.0 Å². The first-order chi connectivity index (χ1) is 12.0. The summed E-state index contributed by atoms with van der Waals surface area (Å²) >= 11 is 3.21. The molecule has 0 saturated carbocycles. The Morgan fingerprint density at radius 1 is 1.08 bits per heavy atom. The van der Waals surface area contributed by atoms with Crippen LogP contribution in [0.4, 0.5) is 5.69 Å². The van der Waals surface area contributed by atoms with E-state index in [1.807, 2.05) is 35.0 Å². The van der Waals surface area contributed by atoms with Crippen molar-refractivity contribution in [3.05, 3.63) is 84.2 Å². The van der Waals surface area contributed by atoms with Crippen LogP contribution < -0.4 is 0 Å². The Morgan fingerprint density at radius 2 is 1.68 bits per heavy atom. The van der Waals surface area contributed by atoms with Gasteiger partial charge in [0.15, 0.2) is 0 Å². The maximum Gasteiger partial charge on any atom is 0.272 e. The third kappa shape index (κ3) is 4.12. The minimum absolute atomic E-state index is 0.0274. The number of amides is 1. The Kier molecular flexibility index (Phi) is 5.25. The van der Waals surface area contributed by atoms with Crippen molar-refractivity contribution in [2.75, 3.05) is 0 Å². The Labute approximate surface area is 153 Å². The Balaban J connectivity index is 1.87. The molecule has 3 rings (SSSR count). The molecule has 25 heavy (non-hydrogen) atoms. The average molecular weight is 372 g/mol. The number of nitro groups is 1. The lowest BCUT2D eigenvalue weighted by molar-refractivity contribution is -0.385. The Morgan fingerprint density at radius 3 is 2.12 bits per heavy atom. The van der Waals surface area contributed by atoms with Crippen LogP contribution in [0.3, 0.4) is 0 Å². The van der Waals surface area contributed by atoms with Gasteiger partial charge < -0.3 is 4.90 Å². The monoisotopic (exact) mass is 372 g/mol. The van der Waals surface area contributed by atoms with Crippen LogP contribution in [0.5, 0.6) is 0 Å². The van der Waals surface area contributed by atoms with Gasteiger partial charge >= 0.3 is 0 Å². The van der Waals surface area contributed by atoms with Crippen molar-refractivity contribution < 1.29 is 9.72 Å². The van der Waals surface area contributed by atoms with Gasteiger partial charge in [0, 0.05) is 26.9 Å². The van der Waals surface area contributed by atoms with Gasteiger partial charge in [-0.05, 0) is 41.9 Å². The first-order valence-electron chi connectivity index (χ1n) is 7.63. The second-order valence-electron chi connectivity index (χ2n) is 5.58. The highest BCUT2D eigenvalue weighted by Gasteiger charge is 2.20. The van der Waals surface area contributed by atoms with E-state index < -0.39 is 4.92 Å². The summed E-state index contributed by atoms with van der Waals surface area (Å²) in [6.07, 6.45) is 0. The summed E-state index contributed by atoms with van der Waals surface area (Å²) < 4.78 is 0. The number of benzene rings is 1. The van der Waals surface area contributed by atoms with Gasteiger partial charge in [-0.2, -0.15) is 0 Å². The second-order valence-corrected chi connectivity index (χ2v) is 7.64. The quantitative estimate of drug-likeness (QED) is 0.458. The number of hydrogen-bond donors (Lipinski definition) is 0. The maximum atomic E-state index is 13.0. The normalized spacial score (nSPS) is 10.6. The maximum absolute atomic E-state index is 13.0. The molecule has 0 atom stereocenters. The van der Waals surface area contributed by atoms with Gasteiger partial charge in [0.05, 0.1) is 18.0 Å². The van der Waals surface area contributed by atoms with Gasteiger partial charge in [-0.1, -0.05) is 12.1 Å². The minimum Gasteiger partial charge on any atom is -0.328 e. The number of carbonyl (C=O) groups excluding carboxylic acids is 1. The van der Waals surface area contributed by atoms with E-state index in [9.17, 15) is 14.9 Å². The number of rotatable bonds is 6. The predicted octanol–water partition coefficient (Wildman–Crippen LogP) is 4.87. The van der Waals surface area contributed by atoms with Gasteiger partial charge in [-0.3, -0.25) is 14.9 Å². The van der Waals surface area contributed by atoms with Gasteiger partial charge in [0.1, 0.15) is 0 Å². The SMILES string of the molecule is Cc1cc(C(=O)N(Cc2cccs2)Cc2cccs2)ccc1[N+](=O)[O-]. The number of hydrogen-bond acceptors (Lipinski definition) is 5. The molecule has 0 radical (unpaired) electrons. The first-order valence-corrected chi connectivity index (χ1v) is 9.39. The summed E-state index contributed by atoms with van der Waals surface area (Å²) in [6, 6.07) is 12.4. The highest BCUT2D eigenvalue weighted by atomic mass is 32.1. The fraction of sp³-hybridized carbons (Fsp3) is 0.167. The molecule has 0 fully saturated rings. The van der Waals surface area contributed by atoms with Crippen molar-refractivity contribution in [1.82, 2.24) is 4.90 Å². The molecule has 5 nitrogen and oxygen atoms in total. The Hall–Kier alpha value is -2.51. The number of thiophene rings is 2. The van der Waals surface area contributed by atoms with Crippen LogP contribution in [0.15, 0.2) is 53.2 Å². The molecule has 0 saturated heterocycles. The van der Waals surface area contributed by atoms with Gasteiger partial charge in [0.25, 0.3) is 11.6 Å². The van der Waals surface area contributed by atoms with Gasteiger partial charge in [-0.15, -0.1) is 22.7 Å². The van der Waals surface area contributed by atoms with Gasteiger partial charge in [-0.25, -0.2) is 0 Å². The summed E-state index contributed by atoms with van der Waals surface area (Å²) in [4.78, 5) is 27.5. The van der Waals surface area contributed by atoms with Crippen LogP contribution in [0.1, 0.15) is 25.7 Å². The van der Waals surface area contributed by atoms with E-state index in [1.54, 1.807) is 40.6 Å². The average Bonchev–Trinajstić information content (AvgIpc) is 3.27. The number of nitro benzene ring substituents is 1. The molecule has 0 N–H and O–H groups in total. The third-order valence-electron chi connectivity index (χ3n) is 3.78. The van der Waals surface area contributed by atoms with E-state index in [2.05, 4.69) is 0 Å². The van der Waals surface area contributed by atoms with Crippen LogP contribution in [-0.2, 0) is 13.1 Å². The minimum atomic E-state index is -0.432. The molecule has 1 amide bonds. The first kappa shape index (κ1) is 17.3. The van der Waals surface area contributed by atoms with Crippen molar-refractivity contribution >= 4 is 34.3 Å². The van der Waals surface area contributed by atoms with Crippen LogP contribution >= 0.6 is 22.7 Å². The lowest BCUT2D eigenvalue weighted by Gasteiger charge is -2.22. The lowest BCUT2D eigenvalue weighted by atomic mass is 10.1. The molecule has 0 bridgehead atoms. The van der Waals surface area contributed by atoms with Crippen molar-refractivity contribution in [3.8, 4) is 0 Å². The van der Waals surface area contributed by atoms with Crippen LogP contribution in [-0.4, -0.2) is 15.7 Å². The summed E-state index contributed by atoms with van der Waals surface area (Å²) in [6.45, 7) is 2.69. The zero-order valence-corrected chi connectivity index (χ0v) is 15.2. The molecule has 0 aliphatic heterocycles. The highest BCUT2D eigenvalue weighted by molar-refractivity contribution is 7.10. The zero-order chi connectivity index (χ0) is 17.8. The largest absolute Gasteiger partial charge is 0.328 e. The zero-order valence-electron chi connectivity index (χ0n) is 13.5. The Bertz CT molecular complexity index is 838. The number of carbonyl (C=O) groups is 1. The van der Waals surface area contributed by atoms with Crippen molar-refractivity contribution in [1.29, 1.82) is 0 Å². The molecule has 2 heterocycles.